The molecule has 6 nitrogen and oxygen atoms in total. The number of halogens is 5. The molecule has 0 saturated heterocycles. The summed E-state index contributed by atoms with van der Waals surface area (Å²) < 4.78 is 70.6. The molecule has 156 valence electrons. The molecule has 0 aliphatic carbocycles. The number of anilines is 1. The van der Waals surface area contributed by atoms with E-state index in [1.54, 1.807) is 0 Å². The maximum atomic E-state index is 14.6. The Balaban J connectivity index is 1.92. The number of carbonyl (C=O) groups is 1. The van der Waals surface area contributed by atoms with E-state index in [0.717, 1.165) is 4.90 Å². The second kappa shape index (κ2) is 7.80. The largest absolute Gasteiger partial charge is 0.484 e. The number of amidine groups is 1. The number of alkyl halides is 5. The van der Waals surface area contributed by atoms with E-state index in [1.807, 2.05) is 0 Å². The van der Waals surface area contributed by atoms with Gasteiger partial charge in [0.05, 0.1) is 24.3 Å². The van der Waals surface area contributed by atoms with Crippen LogP contribution in [-0.4, -0.2) is 40.6 Å². The van der Waals surface area contributed by atoms with Gasteiger partial charge in [-0.25, -0.2) is 0 Å². The average molecular weight is 416 g/mol. The van der Waals surface area contributed by atoms with Gasteiger partial charge in [0.2, 0.25) is 5.91 Å². The summed E-state index contributed by atoms with van der Waals surface area (Å²) >= 11 is 0. The number of amides is 1. The van der Waals surface area contributed by atoms with Gasteiger partial charge in [-0.3, -0.25) is 19.8 Å². The van der Waals surface area contributed by atoms with Crippen molar-refractivity contribution >= 4 is 17.4 Å². The number of hydrogen-bond donors (Lipinski definition) is 1. The molecule has 0 radical (unpaired) electrons. The van der Waals surface area contributed by atoms with Gasteiger partial charge in [0.25, 0.3) is 0 Å². The monoisotopic (exact) mass is 416 g/mol. The maximum Gasteiger partial charge on any atom is 0.422 e. The number of nitrogens with one attached hydrogen (secondary N) is 1. The number of nitrogens with zero attached hydrogens (tertiary/aromatic N) is 3. The minimum Gasteiger partial charge on any atom is -0.484 e. The molecule has 0 fully saturated rings. The summed E-state index contributed by atoms with van der Waals surface area (Å²) in [6, 6.07) is 4.03. The summed E-state index contributed by atoms with van der Waals surface area (Å²) in [6.45, 7) is -0.220. The molecule has 11 heteroatoms. The van der Waals surface area contributed by atoms with Crippen molar-refractivity contribution in [1.29, 1.82) is 0 Å². The fraction of sp³-hybridized carbons (Fsp3) is 0.389. The Labute approximate surface area is 162 Å². The molecule has 1 atom stereocenters. The van der Waals surface area contributed by atoms with Crippen LogP contribution in [0, 0.1) is 0 Å². The van der Waals surface area contributed by atoms with Crippen LogP contribution >= 0.6 is 0 Å². The van der Waals surface area contributed by atoms with E-state index < -0.39 is 42.9 Å². The van der Waals surface area contributed by atoms with Crippen LogP contribution in [0.4, 0.5) is 27.6 Å². The molecule has 0 saturated carbocycles. The van der Waals surface area contributed by atoms with Gasteiger partial charge in [0.1, 0.15) is 5.75 Å². The first-order chi connectivity index (χ1) is 13.6. The van der Waals surface area contributed by atoms with Crippen LogP contribution in [0.1, 0.15) is 31.4 Å². The molecule has 1 unspecified atom stereocenters. The lowest BCUT2D eigenvalue weighted by atomic mass is 10.0. The van der Waals surface area contributed by atoms with Crippen molar-refractivity contribution < 1.29 is 31.5 Å². The van der Waals surface area contributed by atoms with E-state index in [9.17, 15) is 26.7 Å². The van der Waals surface area contributed by atoms with E-state index in [2.05, 4.69) is 19.9 Å². The van der Waals surface area contributed by atoms with E-state index >= 15 is 0 Å². The minimum absolute atomic E-state index is 0.0619. The van der Waals surface area contributed by atoms with Gasteiger partial charge in [0, 0.05) is 18.2 Å². The Bertz CT molecular complexity index is 879. The van der Waals surface area contributed by atoms with E-state index in [-0.39, 0.29) is 17.9 Å². The van der Waals surface area contributed by atoms with Gasteiger partial charge < -0.3 is 4.74 Å². The lowest BCUT2D eigenvalue weighted by molar-refractivity contribution is -0.153. The minimum atomic E-state index is -4.51. The zero-order valence-corrected chi connectivity index (χ0v) is 15.2. The van der Waals surface area contributed by atoms with Crippen molar-refractivity contribution in [2.45, 2.75) is 37.9 Å². The summed E-state index contributed by atoms with van der Waals surface area (Å²) in [7, 11) is 0. The van der Waals surface area contributed by atoms with Gasteiger partial charge in [-0.15, -0.1) is 0 Å². The third-order valence-corrected chi connectivity index (χ3v) is 4.28. The Morgan fingerprint density at radius 2 is 1.90 bits per heavy atom. The molecule has 1 amide bonds. The Morgan fingerprint density at radius 1 is 1.21 bits per heavy atom. The SMILES string of the molecule is CCC(F)(F)C1=NC(c2cn[nH]c2)CC(=O)N1c1ccc(OCC(F)(F)F)cc1. The number of H-pyrrole nitrogens is 1. The summed E-state index contributed by atoms with van der Waals surface area (Å²) in [5.74, 6) is -4.82. The first-order valence-electron chi connectivity index (χ1n) is 8.68. The highest BCUT2D eigenvalue weighted by molar-refractivity contribution is 6.20. The summed E-state index contributed by atoms with van der Waals surface area (Å²) in [5.41, 5.74) is 0.560. The van der Waals surface area contributed by atoms with Gasteiger partial charge in [-0.1, -0.05) is 6.92 Å². The number of ether oxygens (including phenoxy) is 1. The number of carbonyl (C=O) groups excluding carboxylic acids is 1. The van der Waals surface area contributed by atoms with Crippen molar-refractivity contribution in [3.8, 4) is 5.75 Å². The predicted octanol–water partition coefficient (Wildman–Crippen LogP) is 4.27. The molecule has 29 heavy (non-hydrogen) atoms. The molecular weight excluding hydrogens is 399 g/mol. The first kappa shape index (κ1) is 20.7. The molecule has 1 aliphatic rings. The zero-order chi connectivity index (χ0) is 21.2. The third-order valence-electron chi connectivity index (χ3n) is 4.28. The Morgan fingerprint density at radius 3 is 2.45 bits per heavy atom. The van der Waals surface area contributed by atoms with Crippen molar-refractivity contribution in [2.24, 2.45) is 4.99 Å². The molecular formula is C18H17F5N4O2. The number of benzene rings is 1. The number of hydrogen-bond acceptors (Lipinski definition) is 4. The molecule has 3 rings (SSSR count). The molecule has 2 aromatic rings. The number of aromatic nitrogens is 2. The van der Waals surface area contributed by atoms with E-state index in [0.29, 0.717) is 5.56 Å². The molecule has 2 heterocycles. The van der Waals surface area contributed by atoms with Crippen LogP contribution in [-0.2, 0) is 4.79 Å². The number of rotatable bonds is 6. The summed E-state index contributed by atoms with van der Waals surface area (Å²) in [6.07, 6.45) is -2.36. The quantitative estimate of drug-likeness (QED) is 0.715. The second-order valence-electron chi connectivity index (χ2n) is 6.39. The van der Waals surface area contributed by atoms with E-state index in [4.69, 9.17) is 0 Å². The van der Waals surface area contributed by atoms with E-state index in [1.165, 1.54) is 43.6 Å². The molecule has 1 aromatic carbocycles. The highest BCUT2D eigenvalue weighted by Crippen LogP contribution is 2.35. The van der Waals surface area contributed by atoms with Crippen LogP contribution in [0.15, 0.2) is 41.7 Å². The summed E-state index contributed by atoms with van der Waals surface area (Å²) in [4.78, 5) is 17.6. The van der Waals surface area contributed by atoms with Gasteiger partial charge in [-0.05, 0) is 24.3 Å². The highest BCUT2D eigenvalue weighted by Gasteiger charge is 2.44. The predicted molar refractivity (Wildman–Crippen MR) is 94.1 cm³/mol. The smallest absolute Gasteiger partial charge is 0.422 e. The topological polar surface area (TPSA) is 70.6 Å². The second-order valence-corrected chi connectivity index (χ2v) is 6.39. The fourth-order valence-corrected chi connectivity index (χ4v) is 2.80. The molecule has 1 N–H and O–H groups in total. The van der Waals surface area contributed by atoms with Crippen LogP contribution in [0.5, 0.6) is 5.75 Å². The van der Waals surface area contributed by atoms with Crippen LogP contribution < -0.4 is 9.64 Å². The normalized spacial score (nSPS) is 18.0. The molecule has 1 aliphatic heterocycles. The van der Waals surface area contributed by atoms with Crippen LogP contribution in [0.3, 0.4) is 0 Å². The van der Waals surface area contributed by atoms with Crippen LogP contribution in [0.25, 0.3) is 0 Å². The maximum absolute atomic E-state index is 14.6. The van der Waals surface area contributed by atoms with Gasteiger partial charge in [-0.2, -0.15) is 27.1 Å². The van der Waals surface area contributed by atoms with Crippen molar-refractivity contribution in [3.05, 3.63) is 42.2 Å². The van der Waals surface area contributed by atoms with Crippen molar-refractivity contribution in [1.82, 2.24) is 10.2 Å². The van der Waals surface area contributed by atoms with Crippen molar-refractivity contribution in [3.63, 3.8) is 0 Å². The Hall–Kier alpha value is -2.98. The molecule has 0 spiro atoms. The number of aliphatic imine (C=N–C) groups is 1. The average Bonchev–Trinajstić information content (AvgIpc) is 3.20. The Kier molecular flexibility index (Phi) is 5.58. The number of aromatic amines is 1. The standard InChI is InChI=1S/C18H17F5N4O2/c1-2-17(19,20)16-26-14(11-8-24-25-9-11)7-15(28)27(16)12-3-5-13(6-4-12)29-10-18(21,22)23/h3-6,8-9,14H,2,7,10H2,1H3,(H,24,25). The highest BCUT2D eigenvalue weighted by atomic mass is 19.4. The molecule has 1 aromatic heterocycles. The van der Waals surface area contributed by atoms with Gasteiger partial charge >= 0.3 is 12.1 Å². The lowest BCUT2D eigenvalue weighted by Crippen LogP contribution is -2.50. The van der Waals surface area contributed by atoms with Crippen LogP contribution in [0.2, 0.25) is 0 Å². The summed E-state index contributed by atoms with van der Waals surface area (Å²) in [5, 5.41) is 6.31. The third kappa shape index (κ3) is 4.72. The fourth-order valence-electron chi connectivity index (χ4n) is 2.80. The first-order valence-corrected chi connectivity index (χ1v) is 8.68. The lowest BCUT2D eigenvalue weighted by Gasteiger charge is -2.34. The molecule has 0 bridgehead atoms. The van der Waals surface area contributed by atoms with Crippen molar-refractivity contribution in [2.75, 3.05) is 11.5 Å². The zero-order valence-electron chi connectivity index (χ0n) is 15.2. The van der Waals surface area contributed by atoms with Gasteiger partial charge in [0.15, 0.2) is 12.4 Å².